The number of hydrogen-bond donors (Lipinski definition) is 3. The minimum atomic E-state index is -2.89. The predicted octanol–water partition coefficient (Wildman–Crippen LogP) is 3.61. The summed E-state index contributed by atoms with van der Waals surface area (Å²) in [5.41, 5.74) is 3.81. The van der Waals surface area contributed by atoms with E-state index in [9.17, 15) is 13.6 Å². The molecule has 0 aliphatic rings. The van der Waals surface area contributed by atoms with E-state index in [0.29, 0.717) is 28.3 Å². The van der Waals surface area contributed by atoms with E-state index >= 15 is 0 Å². The number of aliphatic hydroxyl groups excluding tert-OH is 1. The molecule has 11 heteroatoms. The number of halogens is 2. The van der Waals surface area contributed by atoms with Crippen molar-refractivity contribution in [2.24, 2.45) is 0 Å². The first kappa shape index (κ1) is 24.0. The van der Waals surface area contributed by atoms with Crippen molar-refractivity contribution in [3.63, 3.8) is 0 Å². The van der Waals surface area contributed by atoms with Crippen LogP contribution in [0, 0.1) is 0 Å². The van der Waals surface area contributed by atoms with Gasteiger partial charge in [-0.15, -0.1) is 0 Å². The Morgan fingerprint density at radius 2 is 1.97 bits per heavy atom. The molecule has 35 heavy (non-hydrogen) atoms. The van der Waals surface area contributed by atoms with Gasteiger partial charge in [0.15, 0.2) is 11.5 Å². The number of nitrogens with one attached hydrogen (secondary N) is 2. The van der Waals surface area contributed by atoms with Crippen molar-refractivity contribution in [3.8, 4) is 17.0 Å². The molecule has 0 saturated heterocycles. The third-order valence-electron chi connectivity index (χ3n) is 5.14. The lowest BCUT2D eigenvalue weighted by molar-refractivity contribution is -0.0498. The van der Waals surface area contributed by atoms with Gasteiger partial charge in [-0.1, -0.05) is 0 Å². The van der Waals surface area contributed by atoms with Crippen molar-refractivity contribution in [1.82, 2.24) is 19.7 Å². The van der Waals surface area contributed by atoms with Crippen LogP contribution in [0.5, 0.6) is 5.75 Å². The number of benzene rings is 2. The quantitative estimate of drug-likeness (QED) is 0.296. The van der Waals surface area contributed by atoms with Crippen LogP contribution in [0.2, 0.25) is 0 Å². The van der Waals surface area contributed by atoms with Gasteiger partial charge in [0.25, 0.3) is 5.91 Å². The second kappa shape index (κ2) is 10.9. The summed E-state index contributed by atoms with van der Waals surface area (Å²) >= 11 is 0. The summed E-state index contributed by atoms with van der Waals surface area (Å²) in [6.07, 6.45) is 5.02. The molecule has 4 rings (SSSR count). The first-order valence-electron chi connectivity index (χ1n) is 10.7. The van der Waals surface area contributed by atoms with Crippen molar-refractivity contribution in [2.75, 3.05) is 25.6 Å². The lowest BCUT2D eigenvalue weighted by atomic mass is 10.1. The van der Waals surface area contributed by atoms with Gasteiger partial charge in [0.1, 0.15) is 5.75 Å². The molecule has 0 unspecified atom stereocenters. The second-order valence-electron chi connectivity index (χ2n) is 7.37. The van der Waals surface area contributed by atoms with E-state index in [0.717, 1.165) is 11.3 Å². The molecular formula is C24H23F2N5O4. The SMILES string of the molecule is CNC(=O)c1ccc(Nc2nccn3c(-c4ccc(OC(F)F)cc4)cnc23)cc1COCCO. The number of aromatic nitrogens is 3. The minimum Gasteiger partial charge on any atom is -0.435 e. The summed E-state index contributed by atoms with van der Waals surface area (Å²) < 4.78 is 36.5. The topological polar surface area (TPSA) is 110 Å². The monoisotopic (exact) mass is 483 g/mol. The number of ether oxygens (including phenoxy) is 2. The molecular weight excluding hydrogens is 460 g/mol. The first-order chi connectivity index (χ1) is 17.0. The Bertz CT molecular complexity index is 1310. The number of rotatable bonds is 10. The van der Waals surface area contributed by atoms with Gasteiger partial charge in [-0.05, 0) is 48.0 Å². The summed E-state index contributed by atoms with van der Waals surface area (Å²) in [6, 6.07) is 11.5. The van der Waals surface area contributed by atoms with Crippen LogP contribution in [0.25, 0.3) is 16.9 Å². The Balaban J connectivity index is 1.62. The van der Waals surface area contributed by atoms with Gasteiger partial charge < -0.3 is 25.2 Å². The van der Waals surface area contributed by atoms with Crippen LogP contribution in [0.3, 0.4) is 0 Å². The molecule has 0 atom stereocenters. The third-order valence-corrected chi connectivity index (χ3v) is 5.14. The van der Waals surface area contributed by atoms with Crippen molar-refractivity contribution < 1.29 is 28.2 Å². The summed E-state index contributed by atoms with van der Waals surface area (Å²) in [4.78, 5) is 21.1. The fourth-order valence-corrected chi connectivity index (χ4v) is 3.56. The Kier molecular flexibility index (Phi) is 7.48. The molecule has 3 N–H and O–H groups in total. The van der Waals surface area contributed by atoms with Crippen LogP contribution in [-0.2, 0) is 11.3 Å². The van der Waals surface area contributed by atoms with Crippen LogP contribution in [0.1, 0.15) is 15.9 Å². The average molecular weight is 483 g/mol. The molecule has 0 spiro atoms. The van der Waals surface area contributed by atoms with E-state index < -0.39 is 6.61 Å². The third kappa shape index (κ3) is 5.53. The average Bonchev–Trinajstić information content (AvgIpc) is 3.29. The number of carbonyl (C=O) groups is 1. The maximum Gasteiger partial charge on any atom is 0.387 e. The molecule has 0 bridgehead atoms. The van der Waals surface area contributed by atoms with Gasteiger partial charge in [-0.3, -0.25) is 9.20 Å². The number of carbonyl (C=O) groups excluding carboxylic acids is 1. The largest absolute Gasteiger partial charge is 0.435 e. The zero-order valence-electron chi connectivity index (χ0n) is 18.7. The van der Waals surface area contributed by atoms with E-state index in [2.05, 4.69) is 25.3 Å². The fraction of sp³-hybridized carbons (Fsp3) is 0.208. The smallest absolute Gasteiger partial charge is 0.387 e. The number of imidazole rings is 1. The molecule has 9 nitrogen and oxygen atoms in total. The molecule has 0 radical (unpaired) electrons. The highest BCUT2D eigenvalue weighted by molar-refractivity contribution is 5.96. The van der Waals surface area contributed by atoms with Gasteiger partial charge in [0.05, 0.1) is 31.7 Å². The lowest BCUT2D eigenvalue weighted by Gasteiger charge is -2.13. The van der Waals surface area contributed by atoms with Gasteiger partial charge >= 0.3 is 6.61 Å². The van der Waals surface area contributed by atoms with Crippen LogP contribution in [0.4, 0.5) is 20.3 Å². The predicted molar refractivity (Wildman–Crippen MR) is 125 cm³/mol. The molecule has 0 saturated carbocycles. The minimum absolute atomic E-state index is 0.0700. The Labute approximate surface area is 199 Å². The van der Waals surface area contributed by atoms with Crippen LogP contribution in [0.15, 0.2) is 61.1 Å². The first-order valence-corrected chi connectivity index (χ1v) is 10.7. The summed E-state index contributed by atoms with van der Waals surface area (Å²) in [5, 5.41) is 14.8. The summed E-state index contributed by atoms with van der Waals surface area (Å²) in [6.45, 7) is -2.71. The number of amides is 1. The summed E-state index contributed by atoms with van der Waals surface area (Å²) in [5.74, 6) is 0.300. The zero-order chi connectivity index (χ0) is 24.8. The number of anilines is 2. The molecule has 1 amide bonds. The van der Waals surface area contributed by atoms with Gasteiger partial charge in [-0.2, -0.15) is 8.78 Å². The molecule has 0 fully saturated rings. The molecule has 2 aromatic carbocycles. The normalized spacial score (nSPS) is 11.1. The van der Waals surface area contributed by atoms with E-state index in [1.807, 2.05) is 4.40 Å². The number of fused-ring (bicyclic) bond motifs is 1. The Hall–Kier alpha value is -4.09. The number of hydrogen-bond acceptors (Lipinski definition) is 7. The summed E-state index contributed by atoms with van der Waals surface area (Å²) in [7, 11) is 1.55. The molecule has 0 aliphatic carbocycles. The van der Waals surface area contributed by atoms with Crippen LogP contribution in [-0.4, -0.2) is 52.3 Å². The standard InChI is InChI=1S/C24H23F2N5O4/c1-27-23(33)19-7-4-17(12-16(19)14-34-11-10-32)30-21-22-29-13-20(31(22)9-8-28-21)15-2-5-18(6-3-15)35-24(25)26/h2-9,12-13,24,32H,10-11,14H2,1H3,(H,27,33)(H,28,30). The highest BCUT2D eigenvalue weighted by atomic mass is 19.3. The number of nitrogens with zero attached hydrogens (tertiary/aromatic N) is 3. The highest BCUT2D eigenvalue weighted by Crippen LogP contribution is 2.28. The number of aliphatic hydroxyl groups is 1. The highest BCUT2D eigenvalue weighted by Gasteiger charge is 2.14. The van der Waals surface area contributed by atoms with Crippen molar-refractivity contribution in [1.29, 1.82) is 0 Å². The van der Waals surface area contributed by atoms with Gasteiger partial charge in [0, 0.05) is 36.3 Å². The molecule has 4 aromatic rings. The van der Waals surface area contributed by atoms with Crippen LogP contribution >= 0.6 is 0 Å². The molecule has 0 aliphatic heterocycles. The van der Waals surface area contributed by atoms with Crippen molar-refractivity contribution >= 4 is 23.1 Å². The Morgan fingerprint density at radius 3 is 2.69 bits per heavy atom. The maximum absolute atomic E-state index is 12.4. The van der Waals surface area contributed by atoms with E-state index in [-0.39, 0.29) is 31.5 Å². The van der Waals surface area contributed by atoms with E-state index in [1.54, 1.807) is 56.0 Å². The van der Waals surface area contributed by atoms with Crippen molar-refractivity contribution in [2.45, 2.75) is 13.2 Å². The number of alkyl halides is 2. The van der Waals surface area contributed by atoms with E-state index in [1.165, 1.54) is 12.1 Å². The molecule has 2 heterocycles. The van der Waals surface area contributed by atoms with Gasteiger partial charge in [-0.25, -0.2) is 9.97 Å². The molecule has 182 valence electrons. The van der Waals surface area contributed by atoms with E-state index in [4.69, 9.17) is 9.84 Å². The molecule has 2 aromatic heterocycles. The maximum atomic E-state index is 12.4. The zero-order valence-corrected chi connectivity index (χ0v) is 18.7. The fourth-order valence-electron chi connectivity index (χ4n) is 3.56. The van der Waals surface area contributed by atoms with Crippen LogP contribution < -0.4 is 15.4 Å². The Morgan fingerprint density at radius 1 is 1.17 bits per heavy atom. The lowest BCUT2D eigenvalue weighted by Crippen LogP contribution is -2.20. The van der Waals surface area contributed by atoms with Crippen molar-refractivity contribution in [3.05, 3.63) is 72.2 Å². The van der Waals surface area contributed by atoms with Gasteiger partial charge in [0.2, 0.25) is 0 Å². The second-order valence-corrected chi connectivity index (χ2v) is 7.37.